The lowest BCUT2D eigenvalue weighted by Crippen LogP contribution is -2.30. The molecule has 3 aromatic carbocycles. The first-order valence-corrected chi connectivity index (χ1v) is 11.2. The van der Waals surface area contributed by atoms with Gasteiger partial charge in [0.15, 0.2) is 17.7 Å². The van der Waals surface area contributed by atoms with Crippen molar-refractivity contribution in [2.75, 3.05) is 10.0 Å². The molecule has 0 aliphatic carbocycles. The Hall–Kier alpha value is -3.17. The average Bonchev–Trinajstić information content (AvgIpc) is 2.73. The van der Waals surface area contributed by atoms with Gasteiger partial charge in [0.25, 0.3) is 15.9 Å². The molecular weight excluding hydrogens is 462 g/mol. The molecule has 0 spiro atoms. The van der Waals surface area contributed by atoms with E-state index in [1.807, 2.05) is 0 Å². The Balaban J connectivity index is 1.76. The minimum absolute atomic E-state index is 0.0253. The second kappa shape index (κ2) is 9.54. The Kier molecular flexibility index (Phi) is 7.00. The first-order valence-electron chi connectivity index (χ1n) is 9.37. The number of para-hydroxylation sites is 1. The number of anilines is 2. The second-order valence-electron chi connectivity index (χ2n) is 6.89. The van der Waals surface area contributed by atoms with Gasteiger partial charge in [0.2, 0.25) is 0 Å². The summed E-state index contributed by atoms with van der Waals surface area (Å²) >= 11 is 6.04. The first-order chi connectivity index (χ1) is 15.1. The summed E-state index contributed by atoms with van der Waals surface area (Å²) in [6, 6.07) is 13.7. The van der Waals surface area contributed by atoms with Crippen molar-refractivity contribution >= 4 is 38.9 Å². The molecule has 0 saturated heterocycles. The third kappa shape index (κ3) is 5.54. The van der Waals surface area contributed by atoms with Crippen LogP contribution in [-0.4, -0.2) is 20.4 Å². The number of carbonyl (C=O) groups is 1. The number of carbonyl (C=O) groups excluding carboxylic acids is 1. The zero-order chi connectivity index (χ0) is 23.5. The van der Waals surface area contributed by atoms with Crippen LogP contribution >= 0.6 is 11.6 Å². The number of rotatable bonds is 7. The number of benzene rings is 3. The first kappa shape index (κ1) is 23.5. The molecule has 0 aliphatic heterocycles. The molecule has 1 atom stereocenters. The maximum atomic E-state index is 13.3. The topological polar surface area (TPSA) is 84.5 Å². The molecule has 1 unspecified atom stereocenters. The highest BCUT2D eigenvalue weighted by Crippen LogP contribution is 2.27. The van der Waals surface area contributed by atoms with Crippen LogP contribution in [0.25, 0.3) is 0 Å². The molecule has 2 N–H and O–H groups in total. The van der Waals surface area contributed by atoms with Crippen LogP contribution in [0.3, 0.4) is 0 Å². The third-order valence-electron chi connectivity index (χ3n) is 4.44. The van der Waals surface area contributed by atoms with Gasteiger partial charge in [-0.3, -0.25) is 9.52 Å². The van der Waals surface area contributed by atoms with E-state index in [1.54, 1.807) is 25.1 Å². The van der Waals surface area contributed by atoms with Crippen LogP contribution in [0.4, 0.5) is 20.2 Å². The van der Waals surface area contributed by atoms with Crippen molar-refractivity contribution < 1.29 is 26.7 Å². The van der Waals surface area contributed by atoms with Gasteiger partial charge in [-0.1, -0.05) is 29.8 Å². The number of hydrogen-bond acceptors (Lipinski definition) is 4. The van der Waals surface area contributed by atoms with Crippen molar-refractivity contribution in [1.82, 2.24) is 0 Å². The molecule has 3 rings (SSSR count). The highest BCUT2D eigenvalue weighted by atomic mass is 35.5. The molecule has 32 heavy (non-hydrogen) atoms. The van der Waals surface area contributed by atoms with E-state index < -0.39 is 33.7 Å². The van der Waals surface area contributed by atoms with Crippen molar-refractivity contribution in [2.24, 2.45) is 0 Å². The van der Waals surface area contributed by atoms with Gasteiger partial charge in [-0.05, 0) is 55.8 Å². The maximum Gasteiger partial charge on any atom is 0.265 e. The Morgan fingerprint density at radius 2 is 1.75 bits per heavy atom. The number of ether oxygens (including phenoxy) is 1. The Labute approximate surface area is 189 Å². The van der Waals surface area contributed by atoms with Crippen molar-refractivity contribution in [3.63, 3.8) is 0 Å². The van der Waals surface area contributed by atoms with Crippen LogP contribution in [0.1, 0.15) is 12.5 Å². The molecule has 3 aromatic rings. The van der Waals surface area contributed by atoms with E-state index in [1.165, 1.54) is 37.3 Å². The van der Waals surface area contributed by atoms with Gasteiger partial charge in [-0.15, -0.1) is 0 Å². The van der Waals surface area contributed by atoms with E-state index in [-0.39, 0.29) is 27.0 Å². The SMILES string of the molecule is Cc1ccc(NC(=O)C(C)Oc2ccc(F)c(F)c2)cc1S(=O)(=O)Nc1ccccc1Cl. The number of nitrogens with one attached hydrogen (secondary N) is 2. The van der Waals surface area contributed by atoms with Gasteiger partial charge in [0, 0.05) is 11.8 Å². The molecule has 1 amide bonds. The van der Waals surface area contributed by atoms with Gasteiger partial charge in [0.1, 0.15) is 5.75 Å². The van der Waals surface area contributed by atoms with E-state index >= 15 is 0 Å². The molecule has 0 saturated carbocycles. The highest BCUT2D eigenvalue weighted by molar-refractivity contribution is 7.92. The fourth-order valence-electron chi connectivity index (χ4n) is 2.76. The fraction of sp³-hybridized carbons (Fsp3) is 0.136. The van der Waals surface area contributed by atoms with Gasteiger partial charge >= 0.3 is 0 Å². The summed E-state index contributed by atoms with van der Waals surface area (Å²) in [4.78, 5) is 12.4. The Morgan fingerprint density at radius 3 is 2.44 bits per heavy atom. The van der Waals surface area contributed by atoms with E-state index in [9.17, 15) is 22.0 Å². The van der Waals surface area contributed by atoms with Gasteiger partial charge in [-0.2, -0.15) is 0 Å². The summed E-state index contributed by atoms with van der Waals surface area (Å²) in [5, 5.41) is 2.79. The Bertz CT molecular complexity index is 1270. The summed E-state index contributed by atoms with van der Waals surface area (Å²) < 4.78 is 59.9. The average molecular weight is 481 g/mol. The van der Waals surface area contributed by atoms with E-state index in [0.29, 0.717) is 5.56 Å². The molecule has 168 valence electrons. The van der Waals surface area contributed by atoms with Crippen LogP contribution in [0.5, 0.6) is 5.75 Å². The van der Waals surface area contributed by atoms with Crippen LogP contribution in [0, 0.1) is 18.6 Å². The van der Waals surface area contributed by atoms with E-state index in [4.69, 9.17) is 16.3 Å². The molecule has 6 nitrogen and oxygen atoms in total. The van der Waals surface area contributed by atoms with Crippen molar-refractivity contribution in [3.05, 3.63) is 82.9 Å². The number of hydrogen-bond donors (Lipinski definition) is 2. The molecule has 0 aromatic heterocycles. The number of amides is 1. The molecule has 0 radical (unpaired) electrons. The quantitative estimate of drug-likeness (QED) is 0.490. The lowest BCUT2D eigenvalue weighted by atomic mass is 10.2. The fourth-order valence-corrected chi connectivity index (χ4v) is 4.35. The van der Waals surface area contributed by atoms with Crippen molar-refractivity contribution in [1.29, 1.82) is 0 Å². The summed E-state index contributed by atoms with van der Waals surface area (Å²) in [5.74, 6) is -2.77. The van der Waals surface area contributed by atoms with E-state index in [0.717, 1.165) is 12.1 Å². The monoisotopic (exact) mass is 480 g/mol. The predicted octanol–water partition coefficient (Wildman–Crippen LogP) is 5.13. The summed E-state index contributed by atoms with van der Waals surface area (Å²) in [5.41, 5.74) is 0.881. The van der Waals surface area contributed by atoms with Crippen molar-refractivity contribution in [3.8, 4) is 5.75 Å². The lowest BCUT2D eigenvalue weighted by molar-refractivity contribution is -0.122. The zero-order valence-electron chi connectivity index (χ0n) is 17.0. The molecular formula is C22H19ClF2N2O4S. The van der Waals surface area contributed by atoms with Crippen LogP contribution < -0.4 is 14.8 Å². The van der Waals surface area contributed by atoms with Gasteiger partial charge in [0.05, 0.1) is 15.6 Å². The van der Waals surface area contributed by atoms with Crippen LogP contribution in [0.15, 0.2) is 65.6 Å². The Morgan fingerprint density at radius 1 is 1.03 bits per heavy atom. The smallest absolute Gasteiger partial charge is 0.265 e. The lowest BCUT2D eigenvalue weighted by Gasteiger charge is -2.16. The van der Waals surface area contributed by atoms with Crippen LogP contribution in [-0.2, 0) is 14.8 Å². The molecule has 0 bridgehead atoms. The van der Waals surface area contributed by atoms with Gasteiger partial charge < -0.3 is 10.1 Å². The van der Waals surface area contributed by atoms with E-state index in [2.05, 4.69) is 10.0 Å². The molecule has 0 aliphatic rings. The maximum absolute atomic E-state index is 13.3. The highest BCUT2D eigenvalue weighted by Gasteiger charge is 2.21. The molecule has 0 fully saturated rings. The zero-order valence-corrected chi connectivity index (χ0v) is 18.6. The largest absolute Gasteiger partial charge is 0.481 e. The predicted molar refractivity (Wildman–Crippen MR) is 119 cm³/mol. The normalized spacial score (nSPS) is 12.2. The van der Waals surface area contributed by atoms with Crippen molar-refractivity contribution in [2.45, 2.75) is 24.8 Å². The number of aryl methyl sites for hydroxylation is 1. The standard InChI is InChI=1S/C22H19ClF2N2O4S/c1-13-7-8-15(11-21(13)32(29,30)27-20-6-4-3-5-17(20)23)26-22(28)14(2)31-16-9-10-18(24)19(25)12-16/h3-12,14,27H,1-2H3,(H,26,28). The number of sulfonamides is 1. The second-order valence-corrected chi connectivity index (χ2v) is 8.95. The van der Waals surface area contributed by atoms with Gasteiger partial charge in [-0.25, -0.2) is 17.2 Å². The number of halogens is 3. The minimum Gasteiger partial charge on any atom is -0.481 e. The summed E-state index contributed by atoms with van der Waals surface area (Å²) in [6.07, 6.45) is -1.07. The third-order valence-corrected chi connectivity index (χ3v) is 6.27. The summed E-state index contributed by atoms with van der Waals surface area (Å²) in [7, 11) is -4.00. The summed E-state index contributed by atoms with van der Waals surface area (Å²) in [6.45, 7) is 3.03. The molecule has 0 heterocycles. The molecule has 10 heteroatoms. The van der Waals surface area contributed by atoms with Crippen LogP contribution in [0.2, 0.25) is 5.02 Å². The minimum atomic E-state index is -4.00.